The molecule has 7 nitrogen and oxygen atoms in total. The molecule has 1 heterocycles. The van der Waals surface area contributed by atoms with Crippen molar-refractivity contribution in [3.63, 3.8) is 0 Å². The van der Waals surface area contributed by atoms with Gasteiger partial charge in [-0.3, -0.25) is 9.59 Å². The Bertz CT molecular complexity index is 598. The van der Waals surface area contributed by atoms with Gasteiger partial charge in [0.2, 0.25) is 5.91 Å². The first-order chi connectivity index (χ1) is 10.6. The van der Waals surface area contributed by atoms with Gasteiger partial charge in [-0.1, -0.05) is 18.2 Å². The Morgan fingerprint density at radius 1 is 1.27 bits per heavy atom. The molecule has 1 aromatic rings. The lowest BCUT2D eigenvalue weighted by Crippen LogP contribution is -2.36. The van der Waals surface area contributed by atoms with Crippen LogP contribution in [0.4, 0.5) is 5.69 Å². The summed E-state index contributed by atoms with van der Waals surface area (Å²) < 4.78 is 4.97. The largest absolute Gasteiger partial charge is 0.451 e. The van der Waals surface area contributed by atoms with Crippen molar-refractivity contribution >= 4 is 29.2 Å². The highest BCUT2D eigenvalue weighted by Crippen LogP contribution is 2.13. The second-order valence-corrected chi connectivity index (χ2v) is 4.64. The maximum atomic E-state index is 12.2. The van der Waals surface area contributed by atoms with Gasteiger partial charge >= 0.3 is 5.97 Å². The Balaban J connectivity index is 1.91. The predicted molar refractivity (Wildman–Crippen MR) is 80.2 cm³/mol. The van der Waals surface area contributed by atoms with Crippen LogP contribution in [0.1, 0.15) is 19.8 Å². The van der Waals surface area contributed by atoms with E-state index in [2.05, 4.69) is 10.5 Å². The highest BCUT2D eigenvalue weighted by molar-refractivity contribution is 6.37. The molecule has 0 fully saturated rings. The molecule has 0 unspecified atom stereocenters. The molecule has 116 valence electrons. The number of anilines is 1. The molecular formula is C15H17N3O4. The summed E-state index contributed by atoms with van der Waals surface area (Å²) in [5, 5.41) is 3.63. The van der Waals surface area contributed by atoms with Crippen molar-refractivity contribution in [2.75, 3.05) is 18.1 Å². The van der Waals surface area contributed by atoms with Crippen molar-refractivity contribution in [3.05, 3.63) is 30.3 Å². The molecule has 2 rings (SSSR count). The SMILES string of the molecule is CCN(C(=O)COC(=O)C1=NNC(=O)CC1)c1ccccc1. The summed E-state index contributed by atoms with van der Waals surface area (Å²) in [6, 6.07) is 9.14. The van der Waals surface area contributed by atoms with E-state index in [1.165, 1.54) is 4.90 Å². The quantitative estimate of drug-likeness (QED) is 0.817. The van der Waals surface area contributed by atoms with Gasteiger partial charge in [-0.25, -0.2) is 10.2 Å². The predicted octanol–water partition coefficient (Wildman–Crippen LogP) is 0.849. The molecule has 0 saturated heterocycles. The van der Waals surface area contributed by atoms with Gasteiger partial charge in [0.15, 0.2) is 6.61 Å². The number of hydrogen-bond donors (Lipinski definition) is 1. The molecule has 1 N–H and O–H groups in total. The van der Waals surface area contributed by atoms with Crippen LogP contribution in [-0.4, -0.2) is 36.6 Å². The third-order valence-corrected chi connectivity index (χ3v) is 3.15. The number of carbonyl (C=O) groups excluding carboxylic acids is 3. The number of ether oxygens (including phenoxy) is 1. The summed E-state index contributed by atoms with van der Waals surface area (Å²) in [4.78, 5) is 36.4. The fourth-order valence-electron chi connectivity index (χ4n) is 2.02. The summed E-state index contributed by atoms with van der Waals surface area (Å²) in [7, 11) is 0. The van der Waals surface area contributed by atoms with Gasteiger partial charge in [0, 0.05) is 25.1 Å². The lowest BCUT2D eigenvalue weighted by molar-refractivity contribution is -0.141. The first kappa shape index (κ1) is 15.7. The van der Waals surface area contributed by atoms with Gasteiger partial charge in [0.25, 0.3) is 5.91 Å². The number of nitrogens with one attached hydrogen (secondary N) is 1. The van der Waals surface area contributed by atoms with Crippen molar-refractivity contribution in [2.24, 2.45) is 5.10 Å². The molecular weight excluding hydrogens is 286 g/mol. The second kappa shape index (κ2) is 7.35. The van der Waals surface area contributed by atoms with Crippen molar-refractivity contribution in [3.8, 4) is 0 Å². The molecule has 0 saturated carbocycles. The average Bonchev–Trinajstić information content (AvgIpc) is 2.55. The number of esters is 1. The van der Waals surface area contributed by atoms with E-state index in [0.29, 0.717) is 6.54 Å². The Morgan fingerprint density at radius 2 is 2.00 bits per heavy atom. The van der Waals surface area contributed by atoms with Gasteiger partial charge < -0.3 is 9.64 Å². The van der Waals surface area contributed by atoms with Gasteiger partial charge in [-0.2, -0.15) is 5.10 Å². The van der Waals surface area contributed by atoms with E-state index in [1.54, 1.807) is 0 Å². The Kier molecular flexibility index (Phi) is 5.24. The minimum absolute atomic E-state index is 0.121. The van der Waals surface area contributed by atoms with Crippen LogP contribution >= 0.6 is 0 Å². The molecule has 1 aliphatic heterocycles. The number of amides is 2. The number of para-hydroxylation sites is 1. The topological polar surface area (TPSA) is 88.1 Å². The molecule has 1 aliphatic rings. The number of rotatable bonds is 5. The molecule has 0 spiro atoms. The normalized spacial score (nSPS) is 13.9. The van der Waals surface area contributed by atoms with Crippen LogP contribution in [0.15, 0.2) is 35.4 Å². The van der Waals surface area contributed by atoms with E-state index in [4.69, 9.17) is 4.74 Å². The Hall–Kier alpha value is -2.70. The fraction of sp³-hybridized carbons (Fsp3) is 0.333. The van der Waals surface area contributed by atoms with Gasteiger partial charge in [-0.15, -0.1) is 0 Å². The minimum atomic E-state index is -0.683. The zero-order valence-electron chi connectivity index (χ0n) is 12.2. The second-order valence-electron chi connectivity index (χ2n) is 4.64. The van der Waals surface area contributed by atoms with Gasteiger partial charge in [-0.05, 0) is 19.1 Å². The molecule has 0 aliphatic carbocycles. The van der Waals surface area contributed by atoms with E-state index in [9.17, 15) is 14.4 Å². The zero-order valence-corrected chi connectivity index (χ0v) is 12.2. The van der Waals surface area contributed by atoms with Crippen molar-refractivity contribution in [2.45, 2.75) is 19.8 Å². The van der Waals surface area contributed by atoms with Crippen LogP contribution in [0.3, 0.4) is 0 Å². The summed E-state index contributed by atoms with van der Waals surface area (Å²) in [5.41, 5.74) is 3.08. The number of likely N-dealkylation sites (N-methyl/N-ethyl adjacent to an activating group) is 1. The molecule has 2 amide bonds. The fourth-order valence-corrected chi connectivity index (χ4v) is 2.02. The van der Waals surface area contributed by atoms with Gasteiger partial charge in [0.1, 0.15) is 5.71 Å². The van der Waals surface area contributed by atoms with E-state index < -0.39 is 5.97 Å². The standard InChI is InChI=1S/C15H17N3O4/c1-2-18(11-6-4-3-5-7-11)14(20)10-22-15(21)12-8-9-13(19)17-16-12/h3-7H,2,8-10H2,1H3,(H,17,19). The Morgan fingerprint density at radius 3 is 2.59 bits per heavy atom. The molecule has 7 heteroatoms. The van der Waals surface area contributed by atoms with Crippen LogP contribution in [0.5, 0.6) is 0 Å². The Labute approximate surface area is 127 Å². The number of hydrazone groups is 1. The third-order valence-electron chi connectivity index (χ3n) is 3.15. The van der Waals surface area contributed by atoms with Crippen molar-refractivity contribution in [1.82, 2.24) is 5.43 Å². The van der Waals surface area contributed by atoms with E-state index in [1.807, 2.05) is 37.3 Å². The highest BCUT2D eigenvalue weighted by Gasteiger charge is 2.22. The number of benzene rings is 1. The summed E-state index contributed by atoms with van der Waals surface area (Å²) >= 11 is 0. The lowest BCUT2D eigenvalue weighted by atomic mass is 10.2. The summed E-state index contributed by atoms with van der Waals surface area (Å²) in [6.07, 6.45) is 0.405. The van der Waals surface area contributed by atoms with Crippen molar-refractivity contribution in [1.29, 1.82) is 0 Å². The monoisotopic (exact) mass is 303 g/mol. The molecule has 0 radical (unpaired) electrons. The van der Waals surface area contributed by atoms with Gasteiger partial charge in [0.05, 0.1) is 0 Å². The van der Waals surface area contributed by atoms with E-state index in [0.717, 1.165) is 5.69 Å². The molecule has 22 heavy (non-hydrogen) atoms. The van der Waals surface area contributed by atoms with E-state index in [-0.39, 0.29) is 37.0 Å². The van der Waals surface area contributed by atoms with Crippen LogP contribution < -0.4 is 10.3 Å². The summed E-state index contributed by atoms with van der Waals surface area (Å²) in [5.74, 6) is -1.24. The van der Waals surface area contributed by atoms with Crippen LogP contribution in [0, 0.1) is 0 Å². The molecule has 0 aromatic heterocycles. The van der Waals surface area contributed by atoms with E-state index >= 15 is 0 Å². The number of nitrogens with zero attached hydrogens (tertiary/aromatic N) is 2. The highest BCUT2D eigenvalue weighted by atomic mass is 16.5. The smallest absolute Gasteiger partial charge is 0.355 e. The molecule has 0 atom stereocenters. The first-order valence-corrected chi connectivity index (χ1v) is 6.99. The maximum Gasteiger partial charge on any atom is 0.355 e. The lowest BCUT2D eigenvalue weighted by Gasteiger charge is -2.21. The number of hydrogen-bond acceptors (Lipinski definition) is 5. The van der Waals surface area contributed by atoms with Crippen LogP contribution in [0.25, 0.3) is 0 Å². The average molecular weight is 303 g/mol. The molecule has 0 bridgehead atoms. The number of carbonyl (C=O) groups is 3. The first-order valence-electron chi connectivity index (χ1n) is 6.99. The molecule has 1 aromatic carbocycles. The summed E-state index contributed by atoms with van der Waals surface area (Å²) in [6.45, 7) is 1.94. The third kappa shape index (κ3) is 3.91. The maximum absolute atomic E-state index is 12.2. The van der Waals surface area contributed by atoms with Crippen molar-refractivity contribution < 1.29 is 19.1 Å². The van der Waals surface area contributed by atoms with Crippen LogP contribution in [0.2, 0.25) is 0 Å². The zero-order chi connectivity index (χ0) is 15.9. The minimum Gasteiger partial charge on any atom is -0.451 e. The van der Waals surface area contributed by atoms with Crippen LogP contribution in [-0.2, 0) is 19.1 Å².